The van der Waals surface area contributed by atoms with Crippen LogP contribution in [0.25, 0.3) is 10.9 Å². The number of aliphatic carboxylic acids is 1. The molecule has 2 aromatic rings. The second-order valence-corrected chi connectivity index (χ2v) is 4.92. The fourth-order valence-corrected chi connectivity index (χ4v) is 2.36. The summed E-state index contributed by atoms with van der Waals surface area (Å²) in [5, 5.41) is 12.8. The van der Waals surface area contributed by atoms with E-state index in [2.05, 4.69) is 10.3 Å². The SMILES string of the molecule is CCC(CC)(NC(=O)c1ccnc2ccccc12)C(=O)O. The van der Waals surface area contributed by atoms with Gasteiger partial charge in [-0.1, -0.05) is 32.0 Å². The van der Waals surface area contributed by atoms with E-state index in [1.165, 1.54) is 0 Å². The highest BCUT2D eigenvalue weighted by Gasteiger charge is 2.36. The van der Waals surface area contributed by atoms with Crippen molar-refractivity contribution in [1.29, 1.82) is 0 Å². The molecule has 5 heteroatoms. The number of rotatable bonds is 5. The lowest BCUT2D eigenvalue weighted by Gasteiger charge is -2.28. The summed E-state index contributed by atoms with van der Waals surface area (Å²) in [5.41, 5.74) is -0.0891. The summed E-state index contributed by atoms with van der Waals surface area (Å²) in [4.78, 5) is 28.2. The van der Waals surface area contributed by atoms with Crippen LogP contribution < -0.4 is 5.32 Å². The molecule has 1 aromatic carbocycles. The van der Waals surface area contributed by atoms with Gasteiger partial charge in [0.1, 0.15) is 5.54 Å². The Labute approximate surface area is 123 Å². The Morgan fingerprint density at radius 3 is 2.48 bits per heavy atom. The van der Waals surface area contributed by atoms with Crippen LogP contribution in [0.2, 0.25) is 0 Å². The predicted molar refractivity (Wildman–Crippen MR) is 80.2 cm³/mol. The number of carboxylic acid groups (broad SMARTS) is 1. The number of amides is 1. The van der Waals surface area contributed by atoms with Crippen LogP contribution in [-0.4, -0.2) is 27.5 Å². The standard InChI is InChI=1S/C16H18N2O3/c1-3-16(4-2,15(20)21)18-14(19)12-9-10-17-13-8-6-5-7-11(12)13/h5-10H,3-4H2,1-2H3,(H,18,19)(H,20,21). The summed E-state index contributed by atoms with van der Waals surface area (Å²) >= 11 is 0. The van der Waals surface area contributed by atoms with E-state index >= 15 is 0 Å². The fourth-order valence-electron chi connectivity index (χ4n) is 2.36. The number of carbonyl (C=O) groups is 2. The molecule has 0 unspecified atom stereocenters. The van der Waals surface area contributed by atoms with E-state index in [0.717, 1.165) is 0 Å². The molecule has 0 saturated carbocycles. The Balaban J connectivity index is 2.41. The van der Waals surface area contributed by atoms with Crippen molar-refractivity contribution in [3.8, 4) is 0 Å². The highest BCUT2D eigenvalue weighted by molar-refractivity contribution is 6.07. The molecule has 0 atom stereocenters. The lowest BCUT2D eigenvalue weighted by Crippen LogP contribution is -2.53. The van der Waals surface area contributed by atoms with Crippen LogP contribution >= 0.6 is 0 Å². The first-order valence-corrected chi connectivity index (χ1v) is 6.93. The summed E-state index contributed by atoms with van der Waals surface area (Å²) in [6.45, 7) is 3.51. The Hall–Kier alpha value is -2.43. The molecular weight excluding hydrogens is 268 g/mol. The molecule has 0 aliphatic rings. The molecule has 5 nitrogen and oxygen atoms in total. The highest BCUT2D eigenvalue weighted by atomic mass is 16.4. The zero-order chi connectivity index (χ0) is 15.5. The molecular formula is C16H18N2O3. The summed E-state index contributed by atoms with van der Waals surface area (Å²) in [5.74, 6) is -1.40. The number of para-hydroxylation sites is 1. The van der Waals surface area contributed by atoms with Crippen LogP contribution in [0.1, 0.15) is 37.0 Å². The molecule has 1 aromatic heterocycles. The molecule has 0 saturated heterocycles. The maximum absolute atomic E-state index is 12.5. The van der Waals surface area contributed by atoms with Crippen molar-refractivity contribution in [3.63, 3.8) is 0 Å². The quantitative estimate of drug-likeness (QED) is 0.885. The van der Waals surface area contributed by atoms with Crippen LogP contribution in [0.4, 0.5) is 0 Å². The topological polar surface area (TPSA) is 79.3 Å². The number of carbonyl (C=O) groups excluding carboxylic acids is 1. The van der Waals surface area contributed by atoms with Gasteiger partial charge in [0.25, 0.3) is 5.91 Å². The number of pyridine rings is 1. The molecule has 0 aliphatic carbocycles. The zero-order valence-electron chi connectivity index (χ0n) is 12.1. The van der Waals surface area contributed by atoms with Crippen molar-refractivity contribution in [1.82, 2.24) is 10.3 Å². The normalized spacial score (nSPS) is 11.3. The highest BCUT2D eigenvalue weighted by Crippen LogP contribution is 2.20. The first kappa shape index (κ1) is 15.0. The monoisotopic (exact) mass is 286 g/mol. The van der Waals surface area contributed by atoms with Gasteiger partial charge in [-0.15, -0.1) is 0 Å². The van der Waals surface area contributed by atoms with Gasteiger partial charge in [0.2, 0.25) is 0 Å². The number of hydrogen-bond donors (Lipinski definition) is 2. The largest absolute Gasteiger partial charge is 0.480 e. The van der Waals surface area contributed by atoms with E-state index in [0.29, 0.717) is 29.3 Å². The van der Waals surface area contributed by atoms with Crippen LogP contribution in [0, 0.1) is 0 Å². The summed E-state index contributed by atoms with van der Waals surface area (Å²) in [6, 6.07) is 8.89. The van der Waals surface area contributed by atoms with E-state index < -0.39 is 11.5 Å². The molecule has 0 aliphatic heterocycles. The van der Waals surface area contributed by atoms with Gasteiger partial charge in [0.05, 0.1) is 11.1 Å². The lowest BCUT2D eigenvalue weighted by molar-refractivity contribution is -0.144. The Bertz CT molecular complexity index is 673. The van der Waals surface area contributed by atoms with E-state index in [-0.39, 0.29) is 5.91 Å². The number of nitrogens with zero attached hydrogens (tertiary/aromatic N) is 1. The van der Waals surface area contributed by atoms with Crippen LogP contribution in [0.5, 0.6) is 0 Å². The Morgan fingerprint density at radius 1 is 1.19 bits per heavy atom. The molecule has 0 bridgehead atoms. The first-order valence-electron chi connectivity index (χ1n) is 6.93. The maximum Gasteiger partial charge on any atom is 0.329 e. The van der Waals surface area contributed by atoms with Crippen molar-refractivity contribution < 1.29 is 14.7 Å². The molecule has 1 amide bonds. The van der Waals surface area contributed by atoms with Gasteiger partial charge < -0.3 is 10.4 Å². The van der Waals surface area contributed by atoms with Crippen LogP contribution in [-0.2, 0) is 4.79 Å². The number of fused-ring (bicyclic) bond motifs is 1. The van der Waals surface area contributed by atoms with Gasteiger partial charge in [-0.25, -0.2) is 4.79 Å². The van der Waals surface area contributed by atoms with Gasteiger partial charge in [-0.05, 0) is 25.0 Å². The molecule has 2 rings (SSSR count). The zero-order valence-corrected chi connectivity index (χ0v) is 12.1. The molecule has 0 fully saturated rings. The summed E-state index contributed by atoms with van der Waals surface area (Å²) < 4.78 is 0. The van der Waals surface area contributed by atoms with Gasteiger partial charge in [-0.3, -0.25) is 9.78 Å². The van der Waals surface area contributed by atoms with E-state index in [9.17, 15) is 14.7 Å². The Kier molecular flexibility index (Phi) is 4.21. The third-order valence-electron chi connectivity index (χ3n) is 3.86. The van der Waals surface area contributed by atoms with Crippen molar-refractivity contribution in [2.24, 2.45) is 0 Å². The molecule has 0 spiro atoms. The fraction of sp³-hybridized carbons (Fsp3) is 0.312. The number of nitrogens with one attached hydrogen (secondary N) is 1. The number of carboxylic acids is 1. The summed E-state index contributed by atoms with van der Waals surface area (Å²) in [6.07, 6.45) is 2.21. The van der Waals surface area contributed by atoms with Crippen LogP contribution in [0.15, 0.2) is 36.5 Å². The summed E-state index contributed by atoms with van der Waals surface area (Å²) in [7, 11) is 0. The van der Waals surface area contributed by atoms with Crippen molar-refractivity contribution >= 4 is 22.8 Å². The number of hydrogen-bond acceptors (Lipinski definition) is 3. The average Bonchev–Trinajstić information content (AvgIpc) is 2.51. The van der Waals surface area contributed by atoms with Gasteiger partial charge in [0.15, 0.2) is 0 Å². The third-order valence-corrected chi connectivity index (χ3v) is 3.86. The average molecular weight is 286 g/mol. The molecule has 110 valence electrons. The number of benzene rings is 1. The number of aromatic nitrogens is 1. The van der Waals surface area contributed by atoms with Crippen molar-refractivity contribution in [3.05, 3.63) is 42.1 Å². The minimum absolute atomic E-state index is 0.327. The van der Waals surface area contributed by atoms with Gasteiger partial charge in [0, 0.05) is 11.6 Å². The molecule has 2 N–H and O–H groups in total. The van der Waals surface area contributed by atoms with Crippen LogP contribution in [0.3, 0.4) is 0 Å². The smallest absolute Gasteiger partial charge is 0.329 e. The lowest BCUT2D eigenvalue weighted by atomic mass is 9.92. The minimum atomic E-state index is -1.23. The van der Waals surface area contributed by atoms with E-state index in [1.54, 1.807) is 32.2 Å². The second kappa shape index (κ2) is 5.91. The van der Waals surface area contributed by atoms with Crippen molar-refractivity contribution in [2.75, 3.05) is 0 Å². The molecule has 0 radical (unpaired) electrons. The third kappa shape index (κ3) is 2.72. The van der Waals surface area contributed by atoms with Gasteiger partial charge >= 0.3 is 5.97 Å². The first-order chi connectivity index (χ1) is 10.0. The predicted octanol–water partition coefficient (Wildman–Crippen LogP) is 2.61. The van der Waals surface area contributed by atoms with E-state index in [1.807, 2.05) is 18.2 Å². The molecule has 21 heavy (non-hydrogen) atoms. The maximum atomic E-state index is 12.5. The van der Waals surface area contributed by atoms with Crippen molar-refractivity contribution in [2.45, 2.75) is 32.2 Å². The minimum Gasteiger partial charge on any atom is -0.480 e. The second-order valence-electron chi connectivity index (χ2n) is 4.92. The van der Waals surface area contributed by atoms with Gasteiger partial charge in [-0.2, -0.15) is 0 Å². The Morgan fingerprint density at radius 2 is 1.86 bits per heavy atom. The van der Waals surface area contributed by atoms with E-state index in [4.69, 9.17) is 0 Å². The molecule has 1 heterocycles.